The van der Waals surface area contributed by atoms with Gasteiger partial charge in [0.15, 0.2) is 6.39 Å². The van der Waals surface area contributed by atoms with Gasteiger partial charge in [-0.05, 0) is 24.5 Å². The molecular weight excluding hydrogens is 278 g/mol. The highest BCUT2D eigenvalue weighted by molar-refractivity contribution is 5.76. The quantitative estimate of drug-likeness (QED) is 0.922. The highest BCUT2D eigenvalue weighted by Gasteiger charge is 2.16. The number of aromatic nitrogens is 1. The number of hydrogen-bond donors (Lipinski definition) is 1. The van der Waals surface area contributed by atoms with Gasteiger partial charge in [-0.15, -0.1) is 0 Å². The van der Waals surface area contributed by atoms with Crippen molar-refractivity contribution in [1.82, 2.24) is 10.3 Å². The molecule has 6 heteroatoms. The maximum Gasteiger partial charge on any atom is 0.220 e. The summed E-state index contributed by atoms with van der Waals surface area (Å²) in [4.78, 5) is 15.8. The van der Waals surface area contributed by atoms with Crippen molar-refractivity contribution in [2.24, 2.45) is 0 Å². The number of benzene rings is 1. The summed E-state index contributed by atoms with van der Waals surface area (Å²) in [6.45, 7) is 3.74. The van der Waals surface area contributed by atoms with Gasteiger partial charge in [0.1, 0.15) is 23.1 Å². The van der Waals surface area contributed by atoms with Gasteiger partial charge < -0.3 is 9.73 Å². The van der Waals surface area contributed by atoms with Gasteiger partial charge in [0.25, 0.3) is 0 Å². The van der Waals surface area contributed by atoms with Crippen molar-refractivity contribution in [2.45, 2.75) is 32.7 Å². The van der Waals surface area contributed by atoms with Crippen LogP contribution < -0.4 is 5.32 Å². The second-order valence-electron chi connectivity index (χ2n) is 4.90. The second kappa shape index (κ2) is 6.47. The first kappa shape index (κ1) is 15.2. The summed E-state index contributed by atoms with van der Waals surface area (Å²) in [5, 5.41) is 2.70. The van der Waals surface area contributed by atoms with E-state index in [1.54, 1.807) is 13.8 Å². The molecule has 0 bridgehead atoms. The van der Waals surface area contributed by atoms with Gasteiger partial charge in [-0.25, -0.2) is 13.8 Å². The number of aryl methyl sites for hydroxylation is 1. The average Bonchev–Trinajstić information content (AvgIpc) is 2.81. The Labute approximate surface area is 121 Å². The first-order valence-electron chi connectivity index (χ1n) is 6.58. The molecule has 2 rings (SSSR count). The van der Waals surface area contributed by atoms with Crippen molar-refractivity contribution in [3.63, 3.8) is 0 Å². The number of carbonyl (C=O) groups is 1. The Morgan fingerprint density at radius 3 is 2.81 bits per heavy atom. The fourth-order valence-corrected chi connectivity index (χ4v) is 2.04. The van der Waals surface area contributed by atoms with Gasteiger partial charge in [0.05, 0.1) is 6.54 Å². The lowest BCUT2D eigenvalue weighted by Gasteiger charge is -2.12. The summed E-state index contributed by atoms with van der Waals surface area (Å²) >= 11 is 0. The Balaban J connectivity index is 1.91. The second-order valence-corrected chi connectivity index (χ2v) is 4.90. The van der Waals surface area contributed by atoms with E-state index in [2.05, 4.69) is 10.3 Å². The number of nitrogens with zero attached hydrogens (tertiary/aromatic N) is 1. The molecule has 0 saturated heterocycles. The van der Waals surface area contributed by atoms with Crippen molar-refractivity contribution in [3.8, 4) is 0 Å². The summed E-state index contributed by atoms with van der Waals surface area (Å²) in [7, 11) is 0. The first-order chi connectivity index (χ1) is 9.97. The van der Waals surface area contributed by atoms with Gasteiger partial charge in [0, 0.05) is 12.5 Å². The first-order valence-corrected chi connectivity index (χ1v) is 6.58. The molecule has 0 spiro atoms. The van der Waals surface area contributed by atoms with Gasteiger partial charge in [0.2, 0.25) is 5.91 Å². The van der Waals surface area contributed by atoms with E-state index in [-0.39, 0.29) is 24.8 Å². The molecule has 1 N–H and O–H groups in total. The van der Waals surface area contributed by atoms with E-state index < -0.39 is 11.6 Å². The van der Waals surface area contributed by atoms with E-state index in [4.69, 9.17) is 4.42 Å². The largest absolute Gasteiger partial charge is 0.448 e. The molecule has 1 aromatic carbocycles. The van der Waals surface area contributed by atoms with E-state index in [9.17, 15) is 13.6 Å². The number of hydrogen-bond acceptors (Lipinski definition) is 3. The Bertz CT molecular complexity index is 640. The third-order valence-corrected chi connectivity index (χ3v) is 3.28. The van der Waals surface area contributed by atoms with E-state index in [0.717, 1.165) is 6.07 Å². The van der Waals surface area contributed by atoms with Gasteiger partial charge in [-0.3, -0.25) is 4.79 Å². The lowest BCUT2D eigenvalue weighted by molar-refractivity contribution is -0.121. The van der Waals surface area contributed by atoms with E-state index in [0.29, 0.717) is 17.0 Å². The lowest BCUT2D eigenvalue weighted by atomic mass is 9.97. The van der Waals surface area contributed by atoms with Crippen LogP contribution in [0.25, 0.3) is 0 Å². The topological polar surface area (TPSA) is 55.1 Å². The fourth-order valence-electron chi connectivity index (χ4n) is 2.04. The molecule has 1 unspecified atom stereocenters. The molecule has 1 atom stereocenters. The molecule has 0 aliphatic heterocycles. The molecule has 0 radical (unpaired) electrons. The molecule has 0 aliphatic rings. The van der Waals surface area contributed by atoms with E-state index in [1.807, 2.05) is 0 Å². The highest BCUT2D eigenvalue weighted by Crippen LogP contribution is 2.22. The molecule has 0 aliphatic carbocycles. The Morgan fingerprint density at radius 1 is 1.43 bits per heavy atom. The summed E-state index contributed by atoms with van der Waals surface area (Å²) in [5.41, 5.74) is 0.980. The molecular formula is C15H16F2N2O2. The Morgan fingerprint density at radius 2 is 2.19 bits per heavy atom. The summed E-state index contributed by atoms with van der Waals surface area (Å²) in [6, 6.07) is 3.37. The van der Waals surface area contributed by atoms with E-state index in [1.165, 1.54) is 18.5 Å². The number of halogens is 2. The third-order valence-electron chi connectivity index (χ3n) is 3.28. The Hall–Kier alpha value is -2.24. The van der Waals surface area contributed by atoms with Crippen LogP contribution in [0.3, 0.4) is 0 Å². The summed E-state index contributed by atoms with van der Waals surface area (Å²) in [6.07, 6.45) is 1.42. The molecule has 21 heavy (non-hydrogen) atoms. The van der Waals surface area contributed by atoms with Crippen molar-refractivity contribution >= 4 is 5.91 Å². The predicted molar refractivity (Wildman–Crippen MR) is 72.5 cm³/mol. The standard InChI is InChI=1S/C15H16F2N2O2/c1-9(12-4-3-11(16)6-13(12)17)5-15(20)18-7-14-10(2)21-8-19-14/h3-4,6,8-9H,5,7H2,1-2H3,(H,18,20). The van der Waals surface area contributed by atoms with Crippen molar-refractivity contribution < 1.29 is 18.0 Å². The van der Waals surface area contributed by atoms with Gasteiger partial charge in [-0.1, -0.05) is 13.0 Å². The maximum absolute atomic E-state index is 13.6. The van der Waals surface area contributed by atoms with Gasteiger partial charge >= 0.3 is 0 Å². The summed E-state index contributed by atoms with van der Waals surface area (Å²) in [5.74, 6) is -1.19. The molecule has 112 valence electrons. The number of oxazole rings is 1. The van der Waals surface area contributed by atoms with Crippen molar-refractivity contribution in [1.29, 1.82) is 0 Å². The Kier molecular flexibility index (Phi) is 4.67. The maximum atomic E-state index is 13.6. The number of rotatable bonds is 5. The normalized spacial score (nSPS) is 12.2. The zero-order chi connectivity index (χ0) is 15.4. The number of nitrogens with one attached hydrogen (secondary N) is 1. The molecule has 4 nitrogen and oxygen atoms in total. The predicted octanol–water partition coefficient (Wildman–Crippen LogP) is 3.07. The molecule has 0 saturated carbocycles. The van der Waals surface area contributed by atoms with Crippen molar-refractivity contribution in [3.05, 3.63) is 53.2 Å². The minimum Gasteiger partial charge on any atom is -0.448 e. The van der Waals surface area contributed by atoms with Crippen LogP contribution in [0.2, 0.25) is 0 Å². The minimum absolute atomic E-state index is 0.111. The lowest BCUT2D eigenvalue weighted by Crippen LogP contribution is -2.24. The molecule has 1 heterocycles. The zero-order valence-corrected chi connectivity index (χ0v) is 11.8. The van der Waals surface area contributed by atoms with Crippen LogP contribution in [-0.4, -0.2) is 10.9 Å². The third kappa shape index (κ3) is 3.87. The zero-order valence-electron chi connectivity index (χ0n) is 11.8. The molecule has 1 amide bonds. The highest BCUT2D eigenvalue weighted by atomic mass is 19.1. The van der Waals surface area contributed by atoms with Crippen LogP contribution in [0.4, 0.5) is 8.78 Å². The van der Waals surface area contributed by atoms with Crippen molar-refractivity contribution in [2.75, 3.05) is 0 Å². The van der Waals surface area contributed by atoms with Crippen LogP contribution >= 0.6 is 0 Å². The van der Waals surface area contributed by atoms with Crippen LogP contribution in [0.15, 0.2) is 29.0 Å². The number of carbonyl (C=O) groups excluding carboxylic acids is 1. The molecule has 0 fully saturated rings. The molecule has 1 aromatic heterocycles. The summed E-state index contributed by atoms with van der Waals surface area (Å²) < 4.78 is 31.5. The monoisotopic (exact) mass is 294 g/mol. The smallest absolute Gasteiger partial charge is 0.220 e. The number of amides is 1. The minimum atomic E-state index is -0.636. The fraction of sp³-hybridized carbons (Fsp3) is 0.333. The van der Waals surface area contributed by atoms with E-state index >= 15 is 0 Å². The van der Waals surface area contributed by atoms with Crippen LogP contribution in [0.5, 0.6) is 0 Å². The SMILES string of the molecule is Cc1ocnc1CNC(=O)CC(C)c1ccc(F)cc1F. The average molecular weight is 294 g/mol. The van der Waals surface area contributed by atoms with Crippen LogP contribution in [-0.2, 0) is 11.3 Å². The van der Waals surface area contributed by atoms with Crippen LogP contribution in [0.1, 0.15) is 36.3 Å². The molecule has 2 aromatic rings. The van der Waals surface area contributed by atoms with Crippen LogP contribution in [0, 0.1) is 18.6 Å². The van der Waals surface area contributed by atoms with Gasteiger partial charge in [-0.2, -0.15) is 0 Å².